The van der Waals surface area contributed by atoms with E-state index in [0.717, 1.165) is 45.2 Å². The zero-order valence-electron chi connectivity index (χ0n) is 27.1. The van der Waals surface area contributed by atoms with Gasteiger partial charge in [0.25, 0.3) is 5.91 Å². The quantitative estimate of drug-likeness (QED) is 0.268. The summed E-state index contributed by atoms with van der Waals surface area (Å²) in [5, 5.41) is 7.57. The highest BCUT2D eigenvalue weighted by atomic mass is 35.5. The van der Waals surface area contributed by atoms with Crippen LogP contribution in [0, 0.1) is 0 Å². The molecule has 14 heteroatoms. The maximum absolute atomic E-state index is 13.8. The van der Waals surface area contributed by atoms with Gasteiger partial charge in [-0.15, -0.1) is 0 Å². The normalized spacial score (nSPS) is 15.5. The third-order valence-corrected chi connectivity index (χ3v) is 7.85. The predicted octanol–water partition coefficient (Wildman–Crippen LogP) is 7.06. The number of halogens is 4. The van der Waals surface area contributed by atoms with Crippen LogP contribution < -0.4 is 9.64 Å². The number of alkyl halides is 3. The molecule has 4 rings (SSSR count). The molecule has 1 aromatic heterocycles. The van der Waals surface area contributed by atoms with Gasteiger partial charge in [0.05, 0.1) is 12.2 Å². The Morgan fingerprint density at radius 2 is 1.62 bits per heavy atom. The Hall–Kier alpha value is -3.58. The minimum absolute atomic E-state index is 0.00726. The number of ether oxygens (including phenoxy) is 2. The molecule has 1 saturated carbocycles. The number of carboxylic acids is 1. The van der Waals surface area contributed by atoms with Crippen LogP contribution in [-0.2, 0) is 9.53 Å². The van der Waals surface area contributed by atoms with E-state index in [-0.39, 0.29) is 25.1 Å². The molecule has 0 bridgehead atoms. The standard InChI is InChI=1S/C31H43ClN4O4.C2HF3O2/c1-31(2,3)40-30(38)36(27-11-13-33-14-12-27)19-20-39-28-22-24(21-25(32)23-28)29(37)35(26-9-4-5-10-26)18-8-17-34-15-6-7-16-34;3-2(4,5)1(6)7/h11-14,21-23,26H,4-10,15-20H2,1-3H3;(H,6,7). The van der Waals surface area contributed by atoms with E-state index in [2.05, 4.69) is 14.8 Å². The molecule has 1 saturated heterocycles. The van der Waals surface area contributed by atoms with Crippen molar-refractivity contribution in [1.29, 1.82) is 0 Å². The molecule has 2 heterocycles. The fourth-order valence-corrected chi connectivity index (χ4v) is 5.72. The van der Waals surface area contributed by atoms with Gasteiger partial charge in [-0.05, 0) is 103 Å². The summed E-state index contributed by atoms with van der Waals surface area (Å²) in [7, 11) is 0. The first-order chi connectivity index (χ1) is 22.1. The number of benzene rings is 1. The van der Waals surface area contributed by atoms with Crippen molar-refractivity contribution in [2.75, 3.05) is 44.2 Å². The van der Waals surface area contributed by atoms with Crippen molar-refractivity contribution in [2.24, 2.45) is 0 Å². The summed E-state index contributed by atoms with van der Waals surface area (Å²) in [6, 6.07) is 8.97. The Kier molecular flexibility index (Phi) is 14.1. The SMILES string of the molecule is CC(C)(C)OC(=O)N(CCOc1cc(Cl)cc(C(=O)N(CCCN2CCCC2)C2CCCC2)c1)c1ccncc1.O=C(O)C(F)(F)F. The second-order valence-corrected chi connectivity index (χ2v) is 12.9. The van der Waals surface area contributed by atoms with Crippen molar-refractivity contribution in [3.63, 3.8) is 0 Å². The van der Waals surface area contributed by atoms with Crippen LogP contribution in [0.5, 0.6) is 5.75 Å². The fourth-order valence-electron chi connectivity index (χ4n) is 5.49. The number of aromatic nitrogens is 1. The van der Waals surface area contributed by atoms with E-state index in [0.29, 0.717) is 22.0 Å². The average Bonchev–Trinajstić information content (AvgIpc) is 3.71. The first-order valence-electron chi connectivity index (χ1n) is 15.8. The molecular weight excluding hydrogens is 641 g/mol. The number of carboxylic acid groups (broad SMARTS) is 1. The van der Waals surface area contributed by atoms with Crippen LogP contribution in [0.4, 0.5) is 23.7 Å². The van der Waals surface area contributed by atoms with E-state index < -0.39 is 23.8 Å². The van der Waals surface area contributed by atoms with Crippen LogP contribution >= 0.6 is 11.6 Å². The van der Waals surface area contributed by atoms with Crippen molar-refractivity contribution in [2.45, 2.75) is 83.5 Å². The zero-order valence-corrected chi connectivity index (χ0v) is 27.9. The smallest absolute Gasteiger partial charge is 0.490 e. The molecule has 10 nitrogen and oxygen atoms in total. The topological polar surface area (TPSA) is 113 Å². The van der Waals surface area contributed by atoms with Gasteiger partial charge in [-0.25, -0.2) is 9.59 Å². The Morgan fingerprint density at radius 1 is 1.00 bits per heavy atom. The van der Waals surface area contributed by atoms with Crippen molar-refractivity contribution in [1.82, 2.24) is 14.8 Å². The molecule has 1 N–H and O–H groups in total. The molecule has 2 aromatic rings. The van der Waals surface area contributed by atoms with Gasteiger partial charge >= 0.3 is 18.2 Å². The average molecular weight is 685 g/mol. The zero-order chi connectivity index (χ0) is 34.6. The molecule has 0 radical (unpaired) electrons. The lowest BCUT2D eigenvalue weighted by Crippen LogP contribution is -2.40. The Balaban J connectivity index is 0.000000771. The van der Waals surface area contributed by atoms with Gasteiger partial charge in [-0.2, -0.15) is 13.2 Å². The highest BCUT2D eigenvalue weighted by Crippen LogP contribution is 2.28. The molecule has 260 valence electrons. The van der Waals surface area contributed by atoms with E-state index in [4.69, 9.17) is 31.0 Å². The van der Waals surface area contributed by atoms with Crippen LogP contribution in [-0.4, -0.2) is 95.0 Å². The van der Waals surface area contributed by atoms with Gasteiger partial charge < -0.3 is 24.4 Å². The van der Waals surface area contributed by atoms with Crippen LogP contribution in [0.25, 0.3) is 0 Å². The third-order valence-electron chi connectivity index (χ3n) is 7.63. The number of likely N-dealkylation sites (tertiary alicyclic amines) is 1. The number of hydrogen-bond acceptors (Lipinski definition) is 7. The van der Waals surface area contributed by atoms with Gasteiger partial charge in [0.2, 0.25) is 0 Å². The van der Waals surface area contributed by atoms with E-state index in [1.54, 1.807) is 42.7 Å². The minimum Gasteiger partial charge on any atom is -0.492 e. The first kappa shape index (κ1) is 37.9. The van der Waals surface area contributed by atoms with Crippen molar-refractivity contribution < 1.29 is 42.1 Å². The highest BCUT2D eigenvalue weighted by molar-refractivity contribution is 6.31. The first-order valence-corrected chi connectivity index (χ1v) is 16.2. The molecule has 2 fully saturated rings. The van der Waals surface area contributed by atoms with Crippen LogP contribution in [0.3, 0.4) is 0 Å². The summed E-state index contributed by atoms with van der Waals surface area (Å²) in [5.74, 6) is -2.25. The lowest BCUT2D eigenvalue weighted by Gasteiger charge is -2.30. The number of carbonyl (C=O) groups is 3. The molecule has 2 amide bonds. The maximum atomic E-state index is 13.8. The summed E-state index contributed by atoms with van der Waals surface area (Å²) < 4.78 is 43.4. The number of carbonyl (C=O) groups excluding carboxylic acids is 2. The van der Waals surface area contributed by atoms with Crippen LogP contribution in [0.1, 0.15) is 76.1 Å². The van der Waals surface area contributed by atoms with Gasteiger partial charge in [0, 0.05) is 35.6 Å². The lowest BCUT2D eigenvalue weighted by atomic mass is 10.1. The molecule has 47 heavy (non-hydrogen) atoms. The number of hydrogen-bond donors (Lipinski definition) is 1. The second-order valence-electron chi connectivity index (χ2n) is 12.5. The number of rotatable bonds is 11. The molecular formula is C33H44ClF3N4O6. The van der Waals surface area contributed by atoms with Gasteiger partial charge in [0.1, 0.15) is 18.0 Å². The largest absolute Gasteiger partial charge is 0.492 e. The lowest BCUT2D eigenvalue weighted by molar-refractivity contribution is -0.192. The molecule has 1 aromatic carbocycles. The molecule has 0 unspecified atom stereocenters. The van der Waals surface area contributed by atoms with Crippen LogP contribution in [0.15, 0.2) is 42.7 Å². The van der Waals surface area contributed by atoms with Crippen molar-refractivity contribution >= 4 is 35.3 Å². The van der Waals surface area contributed by atoms with Gasteiger partial charge in [0.15, 0.2) is 0 Å². The fraction of sp³-hybridized carbons (Fsp3) is 0.576. The monoisotopic (exact) mass is 684 g/mol. The van der Waals surface area contributed by atoms with E-state index in [1.807, 2.05) is 20.8 Å². The van der Waals surface area contributed by atoms with Gasteiger partial charge in [-0.3, -0.25) is 14.7 Å². The Bertz CT molecular complexity index is 1310. The summed E-state index contributed by atoms with van der Waals surface area (Å²) in [6.45, 7) is 10.0. The van der Waals surface area contributed by atoms with Crippen molar-refractivity contribution in [3.8, 4) is 5.75 Å². The third kappa shape index (κ3) is 12.9. The number of aliphatic carboxylic acids is 1. The highest BCUT2D eigenvalue weighted by Gasteiger charge is 2.38. The minimum atomic E-state index is -5.08. The van der Waals surface area contributed by atoms with E-state index in [9.17, 15) is 22.8 Å². The second kappa shape index (κ2) is 17.5. The summed E-state index contributed by atoms with van der Waals surface area (Å²) in [6.07, 6.45) is 5.65. The maximum Gasteiger partial charge on any atom is 0.490 e. The number of amides is 2. The molecule has 0 spiro atoms. The molecule has 2 aliphatic rings. The van der Waals surface area contributed by atoms with Crippen LogP contribution in [0.2, 0.25) is 5.02 Å². The number of nitrogens with zero attached hydrogens (tertiary/aromatic N) is 4. The Labute approximate surface area is 278 Å². The molecule has 1 aliphatic carbocycles. The van der Waals surface area contributed by atoms with Gasteiger partial charge in [-0.1, -0.05) is 24.4 Å². The predicted molar refractivity (Wildman–Crippen MR) is 172 cm³/mol. The number of pyridine rings is 1. The van der Waals surface area contributed by atoms with Crippen molar-refractivity contribution in [3.05, 3.63) is 53.3 Å². The number of anilines is 1. The van der Waals surface area contributed by atoms with E-state index in [1.165, 1.54) is 30.8 Å². The summed E-state index contributed by atoms with van der Waals surface area (Å²) >= 11 is 6.46. The summed E-state index contributed by atoms with van der Waals surface area (Å²) in [5.41, 5.74) is 0.565. The summed E-state index contributed by atoms with van der Waals surface area (Å²) in [4.78, 5) is 45.7. The molecule has 0 atom stereocenters. The Morgan fingerprint density at radius 3 is 2.19 bits per heavy atom. The molecule has 1 aliphatic heterocycles. The van der Waals surface area contributed by atoms with E-state index >= 15 is 0 Å².